The number of aliphatic hydroxyl groups excluding tert-OH is 1. The van der Waals surface area contributed by atoms with Crippen LogP contribution in [0.1, 0.15) is 0 Å². The highest BCUT2D eigenvalue weighted by molar-refractivity contribution is 6.35. The summed E-state index contributed by atoms with van der Waals surface area (Å²) < 4.78 is 41.6. The number of rotatable bonds is 7. The summed E-state index contributed by atoms with van der Waals surface area (Å²) >= 11 is 12.2. The molecule has 0 bridgehead atoms. The lowest BCUT2D eigenvalue weighted by atomic mass is 10.1. The van der Waals surface area contributed by atoms with Crippen molar-refractivity contribution < 1.29 is 23.0 Å². The van der Waals surface area contributed by atoms with Crippen molar-refractivity contribution in [2.45, 2.75) is 6.36 Å². The van der Waals surface area contributed by atoms with E-state index in [1.807, 2.05) is 0 Å². The molecule has 0 aliphatic carbocycles. The highest BCUT2D eigenvalue weighted by Gasteiger charge is 2.31. The van der Waals surface area contributed by atoms with Gasteiger partial charge in [0.2, 0.25) is 5.95 Å². The third-order valence-corrected chi connectivity index (χ3v) is 4.24. The maximum atomic E-state index is 12.5. The molecule has 6 nitrogen and oxygen atoms in total. The predicted octanol–water partition coefficient (Wildman–Crippen LogP) is 5.50. The zero-order chi connectivity index (χ0) is 21.7. The Labute approximate surface area is 179 Å². The summed E-state index contributed by atoms with van der Waals surface area (Å²) in [7, 11) is 0. The van der Waals surface area contributed by atoms with E-state index in [-0.39, 0.29) is 24.8 Å². The fraction of sp³-hybridized carbons (Fsp3) is 0.158. The van der Waals surface area contributed by atoms with Crippen LogP contribution in [0.4, 0.5) is 30.6 Å². The first-order valence-corrected chi connectivity index (χ1v) is 9.31. The standard InChI is InChI=1S/C19H15Cl2F3N4O2/c20-12-4-5-14(21)16(9-12)26-17-10-15(27-18(28-17)25-6-7-29)11-2-1-3-13(8-11)30-19(22,23)24/h1-5,8-10,29H,6-7H2,(H2,25,26,27,28). The van der Waals surface area contributed by atoms with Crippen molar-refractivity contribution >= 4 is 40.7 Å². The first-order valence-electron chi connectivity index (χ1n) is 8.55. The zero-order valence-corrected chi connectivity index (χ0v) is 16.7. The molecule has 3 aromatic rings. The van der Waals surface area contributed by atoms with E-state index in [9.17, 15) is 13.2 Å². The van der Waals surface area contributed by atoms with Crippen LogP contribution in [0.2, 0.25) is 10.0 Å². The van der Waals surface area contributed by atoms with Gasteiger partial charge in [0.25, 0.3) is 0 Å². The normalized spacial score (nSPS) is 11.3. The summed E-state index contributed by atoms with van der Waals surface area (Å²) in [5.74, 6) is 0.0898. The molecule has 30 heavy (non-hydrogen) atoms. The quantitative estimate of drug-likeness (QED) is 0.433. The second-order valence-electron chi connectivity index (χ2n) is 5.94. The van der Waals surface area contributed by atoms with Gasteiger partial charge in [0.15, 0.2) is 0 Å². The van der Waals surface area contributed by atoms with Crippen LogP contribution in [-0.2, 0) is 0 Å². The Bertz CT molecular complexity index is 1030. The Morgan fingerprint density at radius 3 is 2.57 bits per heavy atom. The van der Waals surface area contributed by atoms with E-state index in [4.69, 9.17) is 28.3 Å². The average Bonchev–Trinajstić information content (AvgIpc) is 2.68. The summed E-state index contributed by atoms with van der Waals surface area (Å²) in [6.07, 6.45) is -4.81. The Balaban J connectivity index is 1.99. The van der Waals surface area contributed by atoms with Crippen LogP contribution in [0, 0.1) is 0 Å². The lowest BCUT2D eigenvalue weighted by Crippen LogP contribution is -2.17. The predicted molar refractivity (Wildman–Crippen MR) is 109 cm³/mol. The topological polar surface area (TPSA) is 79.3 Å². The molecule has 0 aliphatic rings. The molecule has 11 heteroatoms. The fourth-order valence-corrected chi connectivity index (χ4v) is 2.83. The first-order chi connectivity index (χ1) is 14.2. The molecule has 0 unspecified atom stereocenters. The summed E-state index contributed by atoms with van der Waals surface area (Å²) in [5, 5.41) is 15.7. The molecule has 0 saturated heterocycles. The van der Waals surface area contributed by atoms with Crippen LogP contribution < -0.4 is 15.4 Å². The third kappa shape index (κ3) is 6.12. The van der Waals surface area contributed by atoms with Crippen LogP contribution in [0.25, 0.3) is 11.3 Å². The van der Waals surface area contributed by atoms with Gasteiger partial charge in [-0.15, -0.1) is 13.2 Å². The SMILES string of the molecule is OCCNc1nc(Nc2cc(Cl)ccc2Cl)cc(-c2cccc(OC(F)(F)F)c2)n1. The highest BCUT2D eigenvalue weighted by Crippen LogP contribution is 2.31. The van der Waals surface area contributed by atoms with Gasteiger partial charge < -0.3 is 20.5 Å². The van der Waals surface area contributed by atoms with Gasteiger partial charge in [-0.3, -0.25) is 0 Å². The number of ether oxygens (including phenoxy) is 1. The number of hydrogen-bond acceptors (Lipinski definition) is 6. The number of benzene rings is 2. The van der Waals surface area contributed by atoms with Gasteiger partial charge in [-0.2, -0.15) is 4.98 Å². The molecule has 3 N–H and O–H groups in total. The Hall–Kier alpha value is -2.75. The smallest absolute Gasteiger partial charge is 0.406 e. The largest absolute Gasteiger partial charge is 0.573 e. The van der Waals surface area contributed by atoms with Crippen LogP contribution in [0.5, 0.6) is 5.75 Å². The van der Waals surface area contributed by atoms with Gasteiger partial charge in [0.05, 0.1) is 23.0 Å². The van der Waals surface area contributed by atoms with E-state index in [0.717, 1.165) is 0 Å². The lowest BCUT2D eigenvalue weighted by Gasteiger charge is -2.13. The summed E-state index contributed by atoms with van der Waals surface area (Å²) in [5.41, 5.74) is 1.17. The molecule has 1 aromatic heterocycles. The van der Waals surface area contributed by atoms with Crippen LogP contribution >= 0.6 is 23.2 Å². The molecule has 0 saturated carbocycles. The lowest BCUT2D eigenvalue weighted by molar-refractivity contribution is -0.274. The Kier molecular flexibility index (Phi) is 6.86. The maximum absolute atomic E-state index is 12.5. The molecule has 158 valence electrons. The summed E-state index contributed by atoms with van der Waals surface area (Å²) in [6, 6.07) is 11.8. The van der Waals surface area contributed by atoms with Crippen molar-refractivity contribution in [3.63, 3.8) is 0 Å². The number of hydrogen-bond donors (Lipinski definition) is 3. The first kappa shape index (κ1) is 21.9. The number of nitrogens with zero attached hydrogens (tertiary/aromatic N) is 2. The molecular formula is C19H15Cl2F3N4O2. The minimum atomic E-state index is -4.81. The zero-order valence-electron chi connectivity index (χ0n) is 15.2. The average molecular weight is 459 g/mol. The number of halogens is 5. The maximum Gasteiger partial charge on any atom is 0.573 e. The molecule has 0 fully saturated rings. The van der Waals surface area contributed by atoms with E-state index in [1.54, 1.807) is 24.3 Å². The van der Waals surface area contributed by atoms with Gasteiger partial charge in [-0.1, -0.05) is 35.3 Å². The third-order valence-electron chi connectivity index (χ3n) is 3.68. The second-order valence-corrected chi connectivity index (χ2v) is 6.78. The van der Waals surface area contributed by atoms with Crippen LogP contribution in [0.3, 0.4) is 0 Å². The molecule has 1 heterocycles. The Morgan fingerprint density at radius 2 is 1.83 bits per heavy atom. The summed E-state index contributed by atoms with van der Waals surface area (Å²) in [4.78, 5) is 8.58. The number of alkyl halides is 3. The molecule has 0 radical (unpaired) electrons. The van der Waals surface area contributed by atoms with E-state index in [2.05, 4.69) is 25.3 Å². The number of anilines is 3. The van der Waals surface area contributed by atoms with Gasteiger partial charge in [-0.05, 0) is 30.3 Å². The van der Waals surface area contributed by atoms with E-state index in [1.165, 1.54) is 24.3 Å². The monoisotopic (exact) mass is 458 g/mol. The Morgan fingerprint density at radius 1 is 1.03 bits per heavy atom. The number of aromatic nitrogens is 2. The number of nitrogens with one attached hydrogen (secondary N) is 2. The van der Waals surface area contributed by atoms with Gasteiger partial charge >= 0.3 is 6.36 Å². The van der Waals surface area contributed by atoms with E-state index in [0.29, 0.717) is 32.8 Å². The molecule has 0 aliphatic heterocycles. The van der Waals surface area contributed by atoms with E-state index < -0.39 is 6.36 Å². The molecular weight excluding hydrogens is 444 g/mol. The van der Waals surface area contributed by atoms with Crippen molar-refractivity contribution in [2.75, 3.05) is 23.8 Å². The second kappa shape index (κ2) is 9.38. The van der Waals surface area contributed by atoms with Crippen LogP contribution in [0.15, 0.2) is 48.5 Å². The van der Waals surface area contributed by atoms with Crippen molar-refractivity contribution in [3.05, 3.63) is 58.6 Å². The summed E-state index contributed by atoms with van der Waals surface area (Å²) in [6.45, 7) is 0.0173. The molecule has 0 spiro atoms. The van der Waals surface area contributed by atoms with E-state index >= 15 is 0 Å². The fourth-order valence-electron chi connectivity index (χ4n) is 2.49. The van der Waals surface area contributed by atoms with Crippen molar-refractivity contribution in [3.8, 4) is 17.0 Å². The molecule has 0 atom stereocenters. The van der Waals surface area contributed by atoms with Crippen molar-refractivity contribution in [1.29, 1.82) is 0 Å². The molecule has 3 rings (SSSR count). The van der Waals surface area contributed by atoms with Crippen LogP contribution in [-0.4, -0.2) is 34.6 Å². The van der Waals surface area contributed by atoms with Gasteiger partial charge in [0.1, 0.15) is 11.6 Å². The minimum absolute atomic E-state index is 0.157. The molecule has 0 amide bonds. The molecule has 2 aromatic carbocycles. The van der Waals surface area contributed by atoms with Crippen molar-refractivity contribution in [2.24, 2.45) is 0 Å². The van der Waals surface area contributed by atoms with Gasteiger partial charge in [0, 0.05) is 23.2 Å². The van der Waals surface area contributed by atoms with Gasteiger partial charge in [-0.25, -0.2) is 4.98 Å². The minimum Gasteiger partial charge on any atom is -0.406 e. The number of aliphatic hydroxyl groups is 1. The van der Waals surface area contributed by atoms with Crippen molar-refractivity contribution in [1.82, 2.24) is 9.97 Å². The highest BCUT2D eigenvalue weighted by atomic mass is 35.5.